The Morgan fingerprint density at radius 2 is 2.44 bits per heavy atom. The first-order chi connectivity index (χ1) is 8.74. The van der Waals surface area contributed by atoms with Gasteiger partial charge in [0, 0.05) is 6.61 Å². The van der Waals surface area contributed by atoms with Gasteiger partial charge in [0.25, 0.3) is 0 Å². The Hall–Kier alpha value is -0.620. The maximum Gasteiger partial charge on any atom is 0.133 e. The van der Waals surface area contributed by atoms with Crippen molar-refractivity contribution in [3.63, 3.8) is 0 Å². The molecule has 1 aromatic rings. The third-order valence-electron chi connectivity index (χ3n) is 3.30. The van der Waals surface area contributed by atoms with Crippen LogP contribution in [-0.2, 0) is 11.2 Å². The first kappa shape index (κ1) is 13.8. The lowest BCUT2D eigenvalue weighted by molar-refractivity contribution is 0.0784. The molecule has 0 saturated carbocycles. The van der Waals surface area contributed by atoms with Crippen LogP contribution in [0, 0.1) is 0 Å². The summed E-state index contributed by atoms with van der Waals surface area (Å²) in [7, 11) is 1.66. The van der Waals surface area contributed by atoms with E-state index in [9.17, 15) is 0 Å². The van der Waals surface area contributed by atoms with Gasteiger partial charge in [0.2, 0.25) is 0 Å². The first-order valence-corrected chi connectivity index (χ1v) is 6.94. The van der Waals surface area contributed by atoms with Crippen molar-refractivity contribution in [2.24, 2.45) is 5.84 Å². The van der Waals surface area contributed by atoms with Crippen LogP contribution in [0.4, 0.5) is 0 Å². The molecule has 0 aromatic heterocycles. The molecule has 0 bridgehead atoms. The lowest BCUT2D eigenvalue weighted by Gasteiger charge is -2.22. The molecule has 2 atom stereocenters. The van der Waals surface area contributed by atoms with E-state index in [2.05, 4.69) is 33.5 Å². The quantitative estimate of drug-likeness (QED) is 0.645. The van der Waals surface area contributed by atoms with Crippen LogP contribution in [0.5, 0.6) is 5.75 Å². The summed E-state index contributed by atoms with van der Waals surface area (Å²) in [5, 5.41) is 0. The molecule has 18 heavy (non-hydrogen) atoms. The zero-order valence-electron chi connectivity index (χ0n) is 10.5. The van der Waals surface area contributed by atoms with Crippen molar-refractivity contribution in [3.8, 4) is 5.75 Å². The lowest BCUT2D eigenvalue weighted by atomic mass is 10.00. The molecule has 1 heterocycles. The second kappa shape index (κ2) is 6.52. The molecule has 0 aliphatic carbocycles. The Labute approximate surface area is 116 Å². The fourth-order valence-corrected chi connectivity index (χ4v) is 2.90. The minimum atomic E-state index is 0.160. The second-order valence-corrected chi connectivity index (χ2v) is 5.35. The zero-order valence-corrected chi connectivity index (χ0v) is 12.1. The average molecular weight is 315 g/mol. The van der Waals surface area contributed by atoms with Crippen molar-refractivity contribution in [1.29, 1.82) is 0 Å². The molecule has 3 N–H and O–H groups in total. The molecule has 1 saturated heterocycles. The standard InChI is InChI=1S/C13H19BrN2O2/c1-17-12-5-4-9(7-10(12)14)8-11(16-15)13-3-2-6-18-13/h4-5,7,11,13,16H,2-3,6,8,15H2,1H3. The topological polar surface area (TPSA) is 56.5 Å². The van der Waals surface area contributed by atoms with Crippen molar-refractivity contribution in [3.05, 3.63) is 28.2 Å². The fraction of sp³-hybridized carbons (Fsp3) is 0.538. The summed E-state index contributed by atoms with van der Waals surface area (Å²) in [6.45, 7) is 0.842. The number of ether oxygens (including phenoxy) is 2. The van der Waals surface area contributed by atoms with E-state index in [1.54, 1.807) is 7.11 Å². The molecule has 1 aliphatic rings. The Morgan fingerprint density at radius 3 is 3.00 bits per heavy atom. The van der Waals surface area contributed by atoms with Crippen LogP contribution in [-0.4, -0.2) is 25.9 Å². The number of hydrogen-bond donors (Lipinski definition) is 2. The monoisotopic (exact) mass is 314 g/mol. The van der Waals surface area contributed by atoms with Gasteiger partial charge in [-0.25, -0.2) is 0 Å². The normalized spacial score (nSPS) is 20.9. The summed E-state index contributed by atoms with van der Waals surface area (Å²) in [4.78, 5) is 0. The van der Waals surface area contributed by atoms with Crippen LogP contribution in [0.3, 0.4) is 0 Å². The molecule has 2 rings (SSSR count). The minimum absolute atomic E-state index is 0.160. The molecule has 2 unspecified atom stereocenters. The molecule has 5 heteroatoms. The van der Waals surface area contributed by atoms with Gasteiger partial charge in [-0.15, -0.1) is 0 Å². The Balaban J connectivity index is 2.04. The molecule has 1 aromatic carbocycles. The molecule has 1 aliphatic heterocycles. The highest BCUT2D eigenvalue weighted by Crippen LogP contribution is 2.27. The third kappa shape index (κ3) is 3.23. The lowest BCUT2D eigenvalue weighted by Crippen LogP contribution is -2.45. The van der Waals surface area contributed by atoms with E-state index in [4.69, 9.17) is 15.3 Å². The number of nitrogens with two attached hydrogens (primary N) is 1. The van der Waals surface area contributed by atoms with Gasteiger partial charge in [-0.3, -0.25) is 11.3 Å². The summed E-state index contributed by atoms with van der Waals surface area (Å²) < 4.78 is 11.9. The summed E-state index contributed by atoms with van der Waals surface area (Å²) >= 11 is 3.49. The highest BCUT2D eigenvalue weighted by atomic mass is 79.9. The van der Waals surface area contributed by atoms with E-state index in [1.165, 1.54) is 5.56 Å². The van der Waals surface area contributed by atoms with Gasteiger partial charge in [-0.05, 0) is 52.9 Å². The zero-order chi connectivity index (χ0) is 13.0. The van der Waals surface area contributed by atoms with Crippen molar-refractivity contribution >= 4 is 15.9 Å². The number of rotatable bonds is 5. The molecule has 4 nitrogen and oxygen atoms in total. The average Bonchev–Trinajstić information content (AvgIpc) is 2.90. The SMILES string of the molecule is COc1ccc(CC(NN)C2CCCO2)cc1Br. The van der Waals surface area contributed by atoms with Crippen molar-refractivity contribution in [1.82, 2.24) is 5.43 Å². The number of methoxy groups -OCH3 is 1. The van der Waals surface area contributed by atoms with Crippen LogP contribution >= 0.6 is 15.9 Å². The molecule has 0 radical (unpaired) electrons. The second-order valence-electron chi connectivity index (χ2n) is 4.50. The maximum atomic E-state index is 5.67. The predicted molar refractivity (Wildman–Crippen MR) is 74.5 cm³/mol. The van der Waals surface area contributed by atoms with E-state index in [1.807, 2.05) is 6.07 Å². The molecular weight excluding hydrogens is 296 g/mol. The van der Waals surface area contributed by atoms with Crippen LogP contribution in [0.2, 0.25) is 0 Å². The van der Waals surface area contributed by atoms with E-state index in [-0.39, 0.29) is 12.1 Å². The van der Waals surface area contributed by atoms with Crippen LogP contribution in [0.1, 0.15) is 18.4 Å². The molecule has 0 spiro atoms. The van der Waals surface area contributed by atoms with E-state index < -0.39 is 0 Å². The maximum absolute atomic E-state index is 5.67. The third-order valence-corrected chi connectivity index (χ3v) is 3.92. The molecular formula is C13H19BrN2O2. The molecule has 0 amide bonds. The van der Waals surface area contributed by atoms with Crippen molar-refractivity contribution in [2.75, 3.05) is 13.7 Å². The van der Waals surface area contributed by atoms with Crippen LogP contribution in [0.25, 0.3) is 0 Å². The van der Waals surface area contributed by atoms with Gasteiger partial charge in [-0.1, -0.05) is 6.07 Å². The number of benzene rings is 1. The van der Waals surface area contributed by atoms with Gasteiger partial charge in [-0.2, -0.15) is 0 Å². The number of halogens is 1. The number of hydrazine groups is 1. The van der Waals surface area contributed by atoms with E-state index in [0.717, 1.165) is 36.1 Å². The van der Waals surface area contributed by atoms with Crippen LogP contribution in [0.15, 0.2) is 22.7 Å². The van der Waals surface area contributed by atoms with Crippen LogP contribution < -0.4 is 16.0 Å². The van der Waals surface area contributed by atoms with Gasteiger partial charge < -0.3 is 9.47 Å². The van der Waals surface area contributed by atoms with Gasteiger partial charge in [0.05, 0.1) is 23.7 Å². The van der Waals surface area contributed by atoms with Gasteiger partial charge in [0.15, 0.2) is 0 Å². The first-order valence-electron chi connectivity index (χ1n) is 6.14. The largest absolute Gasteiger partial charge is 0.496 e. The highest BCUT2D eigenvalue weighted by Gasteiger charge is 2.25. The highest BCUT2D eigenvalue weighted by molar-refractivity contribution is 9.10. The van der Waals surface area contributed by atoms with Gasteiger partial charge >= 0.3 is 0 Å². The van der Waals surface area contributed by atoms with Crippen molar-refractivity contribution < 1.29 is 9.47 Å². The smallest absolute Gasteiger partial charge is 0.133 e. The predicted octanol–water partition coefficient (Wildman–Crippen LogP) is 2.01. The van der Waals surface area contributed by atoms with E-state index in [0.29, 0.717) is 0 Å². The Bertz CT molecular complexity index is 395. The Kier molecular flexibility index (Phi) is 5.00. The molecule has 1 fully saturated rings. The number of nitrogens with one attached hydrogen (secondary N) is 1. The fourth-order valence-electron chi connectivity index (χ4n) is 2.31. The van der Waals surface area contributed by atoms with E-state index >= 15 is 0 Å². The Morgan fingerprint density at radius 1 is 1.61 bits per heavy atom. The summed E-state index contributed by atoms with van der Waals surface area (Å²) in [5.41, 5.74) is 4.08. The summed E-state index contributed by atoms with van der Waals surface area (Å²) in [5.74, 6) is 6.47. The molecule has 100 valence electrons. The van der Waals surface area contributed by atoms with Crippen molar-refractivity contribution in [2.45, 2.75) is 31.4 Å². The summed E-state index contributed by atoms with van der Waals surface area (Å²) in [6.07, 6.45) is 3.27. The summed E-state index contributed by atoms with van der Waals surface area (Å²) in [6, 6.07) is 6.25. The van der Waals surface area contributed by atoms with Gasteiger partial charge in [0.1, 0.15) is 5.75 Å². The number of hydrogen-bond acceptors (Lipinski definition) is 4. The minimum Gasteiger partial charge on any atom is -0.496 e.